The largest absolute Gasteiger partial charge is 0.259 e. The van der Waals surface area contributed by atoms with Gasteiger partial charge in [-0.2, -0.15) is 0 Å². The molecule has 0 bridgehead atoms. The first-order valence-corrected chi connectivity index (χ1v) is 2.87. The monoisotopic (exact) mass is 129 g/mol. The molecule has 0 unspecified atom stereocenters. The van der Waals surface area contributed by atoms with Crippen LogP contribution in [0.1, 0.15) is 20.8 Å². The maximum Gasteiger partial charge on any atom is 0.239 e. The normalized spacial score (nSPS) is 12.2. The minimum atomic E-state index is -0.375. The van der Waals surface area contributed by atoms with E-state index in [1.54, 1.807) is 6.08 Å². The minimum Gasteiger partial charge on any atom is -0.259 e. The highest BCUT2D eigenvalue weighted by atomic mass is 16.6. The summed E-state index contributed by atoms with van der Waals surface area (Å²) in [5, 5.41) is 9.97. The SMILES string of the molecule is C/C(=C/C(C)C)[N+](=O)[O-]. The molecular weight excluding hydrogens is 118 g/mol. The lowest BCUT2D eigenvalue weighted by molar-refractivity contribution is -0.424. The van der Waals surface area contributed by atoms with Gasteiger partial charge in [-0.25, -0.2) is 0 Å². The summed E-state index contributed by atoms with van der Waals surface area (Å²) in [7, 11) is 0. The summed E-state index contributed by atoms with van der Waals surface area (Å²) >= 11 is 0. The van der Waals surface area contributed by atoms with E-state index in [1.165, 1.54) is 6.92 Å². The van der Waals surface area contributed by atoms with Crippen LogP contribution in [0.3, 0.4) is 0 Å². The highest BCUT2D eigenvalue weighted by molar-refractivity contribution is 4.88. The smallest absolute Gasteiger partial charge is 0.239 e. The second-order valence-corrected chi connectivity index (χ2v) is 2.31. The van der Waals surface area contributed by atoms with E-state index in [4.69, 9.17) is 0 Å². The topological polar surface area (TPSA) is 43.1 Å². The van der Waals surface area contributed by atoms with E-state index in [-0.39, 0.29) is 16.5 Å². The molecular formula is C6H11NO2. The zero-order chi connectivity index (χ0) is 7.44. The summed E-state index contributed by atoms with van der Waals surface area (Å²) in [4.78, 5) is 9.60. The van der Waals surface area contributed by atoms with Gasteiger partial charge in [-0.05, 0) is 12.0 Å². The Morgan fingerprint density at radius 2 is 2.11 bits per heavy atom. The van der Waals surface area contributed by atoms with Gasteiger partial charge >= 0.3 is 0 Å². The third-order valence-electron chi connectivity index (χ3n) is 0.863. The van der Waals surface area contributed by atoms with Crippen molar-refractivity contribution in [1.29, 1.82) is 0 Å². The molecule has 3 heteroatoms. The molecule has 52 valence electrons. The third kappa shape index (κ3) is 3.70. The molecule has 0 atom stereocenters. The van der Waals surface area contributed by atoms with Crippen LogP contribution in [0.4, 0.5) is 0 Å². The molecule has 0 aromatic heterocycles. The van der Waals surface area contributed by atoms with E-state index in [1.807, 2.05) is 13.8 Å². The number of hydrogen-bond donors (Lipinski definition) is 0. The fourth-order valence-electron chi connectivity index (χ4n) is 0.543. The van der Waals surface area contributed by atoms with Crippen molar-refractivity contribution in [1.82, 2.24) is 0 Å². The molecule has 0 fully saturated rings. The van der Waals surface area contributed by atoms with Crippen molar-refractivity contribution >= 4 is 0 Å². The van der Waals surface area contributed by atoms with Crippen LogP contribution < -0.4 is 0 Å². The molecule has 0 spiro atoms. The predicted molar refractivity (Wildman–Crippen MR) is 35.6 cm³/mol. The molecule has 9 heavy (non-hydrogen) atoms. The summed E-state index contributed by atoms with van der Waals surface area (Å²) < 4.78 is 0. The van der Waals surface area contributed by atoms with E-state index >= 15 is 0 Å². The van der Waals surface area contributed by atoms with Crippen LogP contribution in [0.2, 0.25) is 0 Å². The van der Waals surface area contributed by atoms with E-state index in [2.05, 4.69) is 0 Å². The maximum atomic E-state index is 9.97. The summed E-state index contributed by atoms with van der Waals surface area (Å²) in [6.07, 6.45) is 1.62. The van der Waals surface area contributed by atoms with Crippen molar-refractivity contribution in [2.45, 2.75) is 20.8 Å². The van der Waals surface area contributed by atoms with Crippen molar-refractivity contribution in [3.8, 4) is 0 Å². The van der Waals surface area contributed by atoms with Gasteiger partial charge in [-0.3, -0.25) is 10.1 Å². The van der Waals surface area contributed by atoms with Crippen LogP contribution in [-0.4, -0.2) is 4.92 Å². The molecule has 0 N–H and O–H groups in total. The van der Waals surface area contributed by atoms with Gasteiger partial charge in [-0.1, -0.05) is 13.8 Å². The molecule has 0 amide bonds. The highest BCUT2D eigenvalue weighted by Gasteiger charge is 2.00. The van der Waals surface area contributed by atoms with Gasteiger partial charge in [0.15, 0.2) is 0 Å². The average Bonchev–Trinajstić information content (AvgIpc) is 1.63. The van der Waals surface area contributed by atoms with Crippen LogP contribution in [0.25, 0.3) is 0 Å². The summed E-state index contributed by atoms with van der Waals surface area (Å²) in [6, 6.07) is 0. The van der Waals surface area contributed by atoms with Crippen LogP contribution in [0, 0.1) is 16.0 Å². The summed E-state index contributed by atoms with van der Waals surface area (Å²) in [5.41, 5.74) is 0.227. The average molecular weight is 129 g/mol. The number of hydrogen-bond acceptors (Lipinski definition) is 2. The summed E-state index contributed by atoms with van der Waals surface area (Å²) in [5.74, 6) is 0.260. The Morgan fingerprint density at radius 1 is 1.67 bits per heavy atom. The minimum absolute atomic E-state index is 0.227. The van der Waals surface area contributed by atoms with Gasteiger partial charge < -0.3 is 0 Å². The van der Waals surface area contributed by atoms with Crippen molar-refractivity contribution < 1.29 is 4.92 Å². The predicted octanol–water partition coefficient (Wildman–Crippen LogP) is 1.82. The number of nitro groups is 1. The van der Waals surface area contributed by atoms with Crippen LogP contribution >= 0.6 is 0 Å². The zero-order valence-electron chi connectivity index (χ0n) is 5.92. The van der Waals surface area contributed by atoms with Crippen LogP contribution in [0.5, 0.6) is 0 Å². The quantitative estimate of drug-likeness (QED) is 0.421. The lowest BCUT2D eigenvalue weighted by Gasteiger charge is -1.92. The lowest BCUT2D eigenvalue weighted by Crippen LogP contribution is -1.95. The first-order valence-electron chi connectivity index (χ1n) is 2.87. The van der Waals surface area contributed by atoms with E-state index < -0.39 is 0 Å². The second-order valence-electron chi connectivity index (χ2n) is 2.31. The molecule has 0 saturated carbocycles. The van der Waals surface area contributed by atoms with Gasteiger partial charge in [0.05, 0.1) is 4.92 Å². The molecule has 0 aromatic rings. The highest BCUT2D eigenvalue weighted by Crippen LogP contribution is 2.00. The van der Waals surface area contributed by atoms with Gasteiger partial charge in [0.25, 0.3) is 0 Å². The molecule has 0 aliphatic rings. The first kappa shape index (κ1) is 8.14. The fraction of sp³-hybridized carbons (Fsp3) is 0.667. The van der Waals surface area contributed by atoms with Crippen molar-refractivity contribution in [3.05, 3.63) is 21.9 Å². The molecule has 0 heterocycles. The third-order valence-corrected chi connectivity index (χ3v) is 0.863. The van der Waals surface area contributed by atoms with Crippen molar-refractivity contribution in [2.24, 2.45) is 5.92 Å². The van der Waals surface area contributed by atoms with E-state index in [0.29, 0.717) is 0 Å². The second kappa shape index (κ2) is 3.22. The molecule has 0 aliphatic carbocycles. The Labute approximate surface area is 54.5 Å². The summed E-state index contributed by atoms with van der Waals surface area (Å²) in [6.45, 7) is 5.32. The number of nitrogens with zero attached hydrogens (tertiary/aromatic N) is 1. The maximum absolute atomic E-state index is 9.97. The Balaban J connectivity index is 4.00. The van der Waals surface area contributed by atoms with Gasteiger partial charge in [0, 0.05) is 6.92 Å². The van der Waals surface area contributed by atoms with Gasteiger partial charge in [0.1, 0.15) is 0 Å². The van der Waals surface area contributed by atoms with Gasteiger partial charge in [0.2, 0.25) is 5.70 Å². The molecule has 0 aromatic carbocycles. The van der Waals surface area contributed by atoms with Crippen LogP contribution in [0.15, 0.2) is 11.8 Å². The molecule has 0 radical (unpaired) electrons. The molecule has 0 rings (SSSR count). The molecule has 3 nitrogen and oxygen atoms in total. The molecule has 0 aliphatic heterocycles. The molecule has 0 saturated heterocycles. The number of allylic oxidation sites excluding steroid dienone is 2. The Kier molecular flexibility index (Phi) is 2.91. The zero-order valence-corrected chi connectivity index (χ0v) is 5.92. The van der Waals surface area contributed by atoms with Crippen molar-refractivity contribution in [2.75, 3.05) is 0 Å². The van der Waals surface area contributed by atoms with Gasteiger partial charge in [-0.15, -0.1) is 0 Å². The standard InChI is InChI=1S/C6H11NO2/c1-5(2)4-6(3)7(8)9/h4-5H,1-3H3/b6-4-. The Hall–Kier alpha value is -0.860. The Bertz CT molecular complexity index is 138. The fourth-order valence-corrected chi connectivity index (χ4v) is 0.543. The van der Waals surface area contributed by atoms with E-state index in [0.717, 1.165) is 0 Å². The number of rotatable bonds is 2. The lowest BCUT2D eigenvalue weighted by atomic mass is 10.2. The Morgan fingerprint density at radius 3 is 2.22 bits per heavy atom. The van der Waals surface area contributed by atoms with E-state index in [9.17, 15) is 10.1 Å². The van der Waals surface area contributed by atoms with Crippen LogP contribution in [-0.2, 0) is 0 Å². The van der Waals surface area contributed by atoms with Crippen molar-refractivity contribution in [3.63, 3.8) is 0 Å². The first-order chi connectivity index (χ1) is 4.04.